The van der Waals surface area contributed by atoms with Crippen molar-refractivity contribution in [2.75, 3.05) is 13.1 Å². The lowest BCUT2D eigenvalue weighted by molar-refractivity contribution is 0.766. The molecule has 0 saturated carbocycles. The summed E-state index contributed by atoms with van der Waals surface area (Å²) in [4.78, 5) is 1.75. The number of hydrogen-bond acceptors (Lipinski definition) is 1. The van der Waals surface area contributed by atoms with E-state index in [1.165, 1.54) is 0 Å². The van der Waals surface area contributed by atoms with Crippen molar-refractivity contribution < 1.29 is 0 Å². The lowest BCUT2D eigenvalue weighted by Crippen LogP contribution is -1.69. The fourth-order valence-corrected chi connectivity index (χ4v) is 0.0577. The van der Waals surface area contributed by atoms with Crippen molar-refractivity contribution in [2.45, 2.75) is 0 Å². The van der Waals surface area contributed by atoms with E-state index >= 15 is 0 Å². The first-order valence-corrected chi connectivity index (χ1v) is 1.39. The van der Waals surface area contributed by atoms with Gasteiger partial charge >= 0.3 is 0 Å². The normalized spacial score (nSPS) is 26.2. The molecule has 0 amide bonds. The maximum Gasteiger partial charge on any atom is 0.0439 e. The van der Waals surface area contributed by atoms with Gasteiger partial charge in [0.25, 0.3) is 0 Å². The monoisotopic (exact) mass is 55.0 g/mol. The summed E-state index contributed by atoms with van der Waals surface area (Å²) >= 11 is 0. The molecule has 0 aromatic carbocycles. The van der Waals surface area contributed by atoms with Gasteiger partial charge in [-0.1, -0.05) is 0 Å². The van der Waals surface area contributed by atoms with E-state index in [9.17, 15) is 0 Å². The third kappa shape index (κ3) is 0.206. The summed E-state index contributed by atoms with van der Waals surface area (Å²) in [6.07, 6.45) is 0. The van der Waals surface area contributed by atoms with Crippen molar-refractivity contribution in [3.05, 3.63) is 7.05 Å². The zero-order valence-corrected chi connectivity index (χ0v) is 2.44. The Morgan fingerprint density at radius 1 is 1.50 bits per heavy atom. The zero-order valence-electron chi connectivity index (χ0n) is 2.44. The number of hydrogen-bond donors (Lipinski definition) is 0. The van der Waals surface area contributed by atoms with Crippen LogP contribution in [-0.2, 0) is 0 Å². The van der Waals surface area contributed by atoms with E-state index in [1.54, 1.807) is 4.90 Å². The number of nitrogens with zero attached hydrogens (tertiary/aromatic N) is 1. The van der Waals surface area contributed by atoms with Gasteiger partial charge in [0.05, 0.1) is 0 Å². The molecule has 0 bridgehead atoms. The molecule has 1 aliphatic heterocycles. The molecular formula is C3H5N. The van der Waals surface area contributed by atoms with Crippen LogP contribution in [0.15, 0.2) is 0 Å². The van der Waals surface area contributed by atoms with Crippen molar-refractivity contribution in [2.24, 2.45) is 0 Å². The van der Waals surface area contributed by atoms with E-state index in [4.69, 9.17) is 7.05 Å². The first-order valence-electron chi connectivity index (χ1n) is 1.39. The van der Waals surface area contributed by atoms with Gasteiger partial charge in [0.1, 0.15) is 0 Å². The molecule has 1 fully saturated rings. The van der Waals surface area contributed by atoms with Crippen molar-refractivity contribution in [3.8, 4) is 0 Å². The smallest absolute Gasteiger partial charge is 0.0439 e. The highest BCUT2D eigenvalue weighted by Crippen LogP contribution is 1.95. The van der Waals surface area contributed by atoms with Gasteiger partial charge in [-0.25, -0.2) is 0 Å². The average molecular weight is 55.1 g/mol. The van der Waals surface area contributed by atoms with Crippen LogP contribution in [0.2, 0.25) is 0 Å². The predicted octanol–water partition coefficient (Wildman–Crippen LogP) is -0.0294. The summed E-state index contributed by atoms with van der Waals surface area (Å²) in [5.74, 6) is 0. The largest absolute Gasteiger partial charge is 0.295 e. The van der Waals surface area contributed by atoms with Gasteiger partial charge in [-0.05, 0) is 0 Å². The van der Waals surface area contributed by atoms with Crippen LogP contribution >= 0.6 is 0 Å². The average Bonchev–Trinajstić information content (AvgIpc) is 1.75. The van der Waals surface area contributed by atoms with Gasteiger partial charge < -0.3 is 0 Å². The highest BCUT2D eigenvalue weighted by molar-refractivity contribution is 4.68. The molecule has 0 aromatic heterocycles. The molecule has 0 aliphatic carbocycles. The molecule has 0 aromatic rings. The Labute approximate surface area is 26.2 Å². The molecule has 4 heavy (non-hydrogen) atoms. The lowest BCUT2D eigenvalue weighted by Gasteiger charge is -1.64. The van der Waals surface area contributed by atoms with Gasteiger partial charge in [-0.15, -0.1) is 0 Å². The fourth-order valence-electron chi connectivity index (χ4n) is 0.0577. The number of rotatable bonds is 0. The van der Waals surface area contributed by atoms with E-state index in [2.05, 4.69) is 0 Å². The third-order valence-electron chi connectivity index (χ3n) is 0.482. The predicted molar refractivity (Wildman–Crippen MR) is 15.9 cm³/mol. The Morgan fingerprint density at radius 2 is 1.75 bits per heavy atom. The van der Waals surface area contributed by atoms with E-state index in [0.717, 1.165) is 13.1 Å². The standard InChI is InChI=1S/C3H5N/c1-4-2-3-4/h1H,2-3H2. The summed E-state index contributed by atoms with van der Waals surface area (Å²) in [7, 11) is 5.06. The minimum atomic E-state index is 1.10. The molecule has 0 spiro atoms. The topological polar surface area (TPSA) is 3.01 Å². The van der Waals surface area contributed by atoms with Gasteiger partial charge in [0.15, 0.2) is 0 Å². The summed E-state index contributed by atoms with van der Waals surface area (Å²) < 4.78 is 0. The second-order valence-electron chi connectivity index (χ2n) is 1.04. The van der Waals surface area contributed by atoms with Crippen LogP contribution in [0, 0.1) is 7.05 Å². The zero-order chi connectivity index (χ0) is 2.99. The molecule has 22 valence electrons. The Bertz CT molecular complexity index is 22.5. The molecule has 1 saturated heterocycles. The maximum absolute atomic E-state index is 5.06. The van der Waals surface area contributed by atoms with Crippen LogP contribution in [0.25, 0.3) is 0 Å². The molecule has 1 nitrogen and oxygen atoms in total. The van der Waals surface area contributed by atoms with Crippen molar-refractivity contribution in [3.63, 3.8) is 0 Å². The molecular weight excluding hydrogens is 50.0 g/mol. The molecule has 1 heteroatoms. The second kappa shape index (κ2) is 0.462. The van der Waals surface area contributed by atoms with E-state index in [0.29, 0.717) is 0 Å². The molecule has 2 radical (unpaired) electrons. The van der Waals surface area contributed by atoms with Crippen LogP contribution in [0.5, 0.6) is 0 Å². The maximum atomic E-state index is 5.06. The summed E-state index contributed by atoms with van der Waals surface area (Å²) in [5, 5.41) is 0. The molecule has 1 aliphatic rings. The van der Waals surface area contributed by atoms with Crippen molar-refractivity contribution in [1.29, 1.82) is 0 Å². The molecule has 0 N–H and O–H groups in total. The molecule has 1 rings (SSSR count). The lowest BCUT2D eigenvalue weighted by atomic mass is 11.0. The Kier molecular flexibility index (Phi) is 0.256. The van der Waals surface area contributed by atoms with E-state index in [1.807, 2.05) is 0 Å². The summed E-state index contributed by atoms with van der Waals surface area (Å²) in [5.41, 5.74) is 0. The minimum absolute atomic E-state index is 1.10. The van der Waals surface area contributed by atoms with Crippen molar-refractivity contribution >= 4 is 0 Å². The Balaban J connectivity index is 2.17. The first-order chi connectivity index (χ1) is 1.89. The second-order valence-corrected chi connectivity index (χ2v) is 1.04. The van der Waals surface area contributed by atoms with Crippen LogP contribution in [0.4, 0.5) is 0 Å². The van der Waals surface area contributed by atoms with Crippen molar-refractivity contribution in [1.82, 2.24) is 4.90 Å². The fraction of sp³-hybridized carbons (Fsp3) is 0.667. The summed E-state index contributed by atoms with van der Waals surface area (Å²) in [6.45, 7) is 2.19. The van der Waals surface area contributed by atoms with Gasteiger partial charge in [-0.3, -0.25) is 4.90 Å². The molecule has 0 unspecified atom stereocenters. The molecule has 1 heterocycles. The highest BCUT2D eigenvalue weighted by Gasteiger charge is 2.08. The first kappa shape index (κ1) is 2.21. The van der Waals surface area contributed by atoms with E-state index in [-0.39, 0.29) is 0 Å². The van der Waals surface area contributed by atoms with Crippen LogP contribution < -0.4 is 0 Å². The minimum Gasteiger partial charge on any atom is -0.295 e. The van der Waals surface area contributed by atoms with Crippen LogP contribution in [0.1, 0.15) is 0 Å². The van der Waals surface area contributed by atoms with E-state index < -0.39 is 0 Å². The van der Waals surface area contributed by atoms with Gasteiger partial charge in [0, 0.05) is 20.1 Å². The Hall–Kier alpha value is -0.0400. The van der Waals surface area contributed by atoms with Gasteiger partial charge in [-0.2, -0.15) is 0 Å². The third-order valence-corrected chi connectivity index (χ3v) is 0.482. The SMILES string of the molecule is [CH]N1CC1. The highest BCUT2D eigenvalue weighted by atomic mass is 15.2. The van der Waals surface area contributed by atoms with Crippen LogP contribution in [0.3, 0.4) is 0 Å². The molecule has 0 atom stereocenters. The summed E-state index contributed by atoms with van der Waals surface area (Å²) in [6, 6.07) is 0. The van der Waals surface area contributed by atoms with Gasteiger partial charge in [0.2, 0.25) is 0 Å². The Morgan fingerprint density at radius 3 is 1.75 bits per heavy atom. The quantitative estimate of drug-likeness (QED) is 0.351. The van der Waals surface area contributed by atoms with Crippen LogP contribution in [-0.4, -0.2) is 18.0 Å².